The molecule has 2 aromatic carbocycles. The van der Waals surface area contributed by atoms with Crippen LogP contribution in [0.5, 0.6) is 0 Å². The van der Waals surface area contributed by atoms with Gasteiger partial charge in [0.15, 0.2) is 0 Å². The Morgan fingerprint density at radius 2 is 1.70 bits per heavy atom. The second-order valence-electron chi connectivity index (χ2n) is 7.12. The highest BCUT2D eigenvalue weighted by molar-refractivity contribution is 5.96. The van der Waals surface area contributed by atoms with Gasteiger partial charge < -0.3 is 10.2 Å². The van der Waals surface area contributed by atoms with Gasteiger partial charge in [0.2, 0.25) is 11.8 Å². The number of carbonyl (C=O) groups excluding carboxylic acids is 2. The fraction of sp³-hybridized carbons (Fsp3) is 0.304. The van der Waals surface area contributed by atoms with E-state index in [0.717, 1.165) is 29.7 Å². The van der Waals surface area contributed by atoms with Gasteiger partial charge in [-0.05, 0) is 43.0 Å². The SMILES string of the molecule is C=CCNC(=O)Cc1ccc(N(Cc2ccc(C)cc2)C(=O)C2CC2)cc1. The van der Waals surface area contributed by atoms with Gasteiger partial charge in [-0.1, -0.05) is 48.0 Å². The topological polar surface area (TPSA) is 49.4 Å². The summed E-state index contributed by atoms with van der Waals surface area (Å²) in [6.07, 6.45) is 3.94. The summed E-state index contributed by atoms with van der Waals surface area (Å²) in [7, 11) is 0. The Balaban J connectivity index is 1.73. The van der Waals surface area contributed by atoms with Crippen LogP contribution in [0.1, 0.15) is 29.5 Å². The molecule has 0 spiro atoms. The Bertz CT molecular complexity index is 805. The third kappa shape index (κ3) is 5.30. The molecule has 1 N–H and O–H groups in total. The predicted octanol–water partition coefficient (Wildman–Crippen LogP) is 3.78. The third-order valence-electron chi connectivity index (χ3n) is 4.71. The smallest absolute Gasteiger partial charge is 0.230 e. The lowest BCUT2D eigenvalue weighted by atomic mass is 10.1. The number of carbonyl (C=O) groups is 2. The van der Waals surface area contributed by atoms with Crippen molar-refractivity contribution in [2.45, 2.75) is 32.7 Å². The van der Waals surface area contributed by atoms with E-state index >= 15 is 0 Å². The van der Waals surface area contributed by atoms with Crippen molar-refractivity contribution in [1.29, 1.82) is 0 Å². The van der Waals surface area contributed by atoms with E-state index in [2.05, 4.69) is 43.1 Å². The highest BCUT2D eigenvalue weighted by atomic mass is 16.2. The second kappa shape index (κ2) is 8.67. The van der Waals surface area contributed by atoms with Crippen LogP contribution in [0.25, 0.3) is 0 Å². The first-order valence-electron chi connectivity index (χ1n) is 9.40. The lowest BCUT2D eigenvalue weighted by Crippen LogP contribution is -2.31. The molecule has 1 saturated carbocycles. The van der Waals surface area contributed by atoms with Crippen molar-refractivity contribution in [1.82, 2.24) is 5.32 Å². The van der Waals surface area contributed by atoms with Crippen molar-refractivity contribution < 1.29 is 9.59 Å². The number of amides is 2. The van der Waals surface area contributed by atoms with Gasteiger partial charge in [-0.2, -0.15) is 0 Å². The summed E-state index contributed by atoms with van der Waals surface area (Å²) in [6.45, 7) is 6.68. The van der Waals surface area contributed by atoms with Gasteiger partial charge in [-0.3, -0.25) is 9.59 Å². The average Bonchev–Trinajstić information content (AvgIpc) is 3.51. The molecule has 1 fully saturated rings. The molecule has 1 aliphatic carbocycles. The van der Waals surface area contributed by atoms with Gasteiger partial charge in [-0.15, -0.1) is 6.58 Å². The number of anilines is 1. The first-order valence-corrected chi connectivity index (χ1v) is 9.40. The molecule has 0 radical (unpaired) electrons. The van der Waals surface area contributed by atoms with Crippen LogP contribution in [0.3, 0.4) is 0 Å². The van der Waals surface area contributed by atoms with E-state index in [0.29, 0.717) is 19.5 Å². The van der Waals surface area contributed by atoms with Crippen molar-refractivity contribution in [3.8, 4) is 0 Å². The molecule has 3 rings (SSSR count). The second-order valence-corrected chi connectivity index (χ2v) is 7.12. The normalized spacial score (nSPS) is 13.1. The van der Waals surface area contributed by atoms with Gasteiger partial charge in [-0.25, -0.2) is 0 Å². The minimum Gasteiger partial charge on any atom is -0.352 e. The molecule has 27 heavy (non-hydrogen) atoms. The van der Waals surface area contributed by atoms with Gasteiger partial charge in [0, 0.05) is 18.2 Å². The average molecular weight is 362 g/mol. The van der Waals surface area contributed by atoms with Crippen molar-refractivity contribution in [2.75, 3.05) is 11.4 Å². The molecule has 0 saturated heterocycles. The summed E-state index contributed by atoms with van der Waals surface area (Å²) in [5, 5.41) is 2.78. The molecule has 0 aliphatic heterocycles. The van der Waals surface area contributed by atoms with E-state index in [1.807, 2.05) is 29.2 Å². The fourth-order valence-electron chi connectivity index (χ4n) is 2.95. The summed E-state index contributed by atoms with van der Waals surface area (Å²) < 4.78 is 0. The zero-order chi connectivity index (χ0) is 19.2. The monoisotopic (exact) mass is 362 g/mol. The van der Waals surface area contributed by atoms with Crippen molar-refractivity contribution in [3.05, 3.63) is 77.9 Å². The zero-order valence-corrected chi connectivity index (χ0v) is 15.8. The van der Waals surface area contributed by atoms with Crippen LogP contribution in [0.4, 0.5) is 5.69 Å². The molecular formula is C23H26N2O2. The predicted molar refractivity (Wildman–Crippen MR) is 108 cm³/mol. The lowest BCUT2D eigenvalue weighted by Gasteiger charge is -2.23. The quantitative estimate of drug-likeness (QED) is 0.727. The number of rotatable bonds is 8. The highest BCUT2D eigenvalue weighted by Crippen LogP contribution is 2.33. The Morgan fingerprint density at radius 1 is 1.07 bits per heavy atom. The third-order valence-corrected chi connectivity index (χ3v) is 4.71. The molecule has 0 bridgehead atoms. The van der Waals surface area contributed by atoms with Crippen LogP contribution < -0.4 is 10.2 Å². The zero-order valence-electron chi connectivity index (χ0n) is 15.8. The van der Waals surface area contributed by atoms with E-state index in [-0.39, 0.29) is 17.7 Å². The number of benzene rings is 2. The summed E-state index contributed by atoms with van der Waals surface area (Å²) in [5.41, 5.74) is 4.12. The standard InChI is InChI=1S/C23H26N2O2/c1-3-14-24-22(26)15-18-8-12-21(13-9-18)25(23(27)20-10-11-20)16-19-6-4-17(2)5-7-19/h3-9,12-13,20H,1,10-11,14-16H2,2H3,(H,24,26). The fourth-order valence-corrected chi connectivity index (χ4v) is 2.95. The molecule has 0 atom stereocenters. The van der Waals surface area contributed by atoms with Crippen LogP contribution in [0, 0.1) is 12.8 Å². The van der Waals surface area contributed by atoms with E-state index < -0.39 is 0 Å². The molecule has 1 aliphatic rings. The van der Waals surface area contributed by atoms with Crippen LogP contribution in [-0.2, 0) is 22.6 Å². The minimum atomic E-state index is -0.0341. The molecule has 0 heterocycles. The molecule has 2 aromatic rings. The van der Waals surface area contributed by atoms with E-state index in [1.165, 1.54) is 5.56 Å². The Hall–Kier alpha value is -2.88. The number of hydrogen-bond donors (Lipinski definition) is 1. The molecule has 0 unspecified atom stereocenters. The summed E-state index contributed by atoms with van der Waals surface area (Å²) >= 11 is 0. The molecule has 2 amide bonds. The van der Waals surface area contributed by atoms with Crippen LogP contribution in [0.15, 0.2) is 61.2 Å². The minimum absolute atomic E-state index is 0.0341. The Morgan fingerprint density at radius 3 is 2.30 bits per heavy atom. The molecule has 140 valence electrons. The summed E-state index contributed by atoms with van der Waals surface area (Å²) in [5.74, 6) is 0.306. The van der Waals surface area contributed by atoms with E-state index in [9.17, 15) is 9.59 Å². The molecular weight excluding hydrogens is 336 g/mol. The number of nitrogens with one attached hydrogen (secondary N) is 1. The summed E-state index contributed by atoms with van der Waals surface area (Å²) in [6, 6.07) is 16.0. The maximum atomic E-state index is 12.8. The van der Waals surface area contributed by atoms with Crippen LogP contribution in [0.2, 0.25) is 0 Å². The number of nitrogens with zero attached hydrogens (tertiary/aromatic N) is 1. The van der Waals surface area contributed by atoms with Crippen molar-refractivity contribution >= 4 is 17.5 Å². The van der Waals surface area contributed by atoms with Gasteiger partial charge in [0.25, 0.3) is 0 Å². The first-order chi connectivity index (χ1) is 13.1. The number of aryl methyl sites for hydroxylation is 1. The molecule has 4 heteroatoms. The van der Waals surface area contributed by atoms with Gasteiger partial charge in [0.05, 0.1) is 13.0 Å². The van der Waals surface area contributed by atoms with E-state index in [1.54, 1.807) is 6.08 Å². The lowest BCUT2D eigenvalue weighted by molar-refractivity contribution is -0.120. The maximum Gasteiger partial charge on any atom is 0.230 e. The van der Waals surface area contributed by atoms with Crippen LogP contribution in [-0.4, -0.2) is 18.4 Å². The highest BCUT2D eigenvalue weighted by Gasteiger charge is 2.34. The molecule has 0 aromatic heterocycles. The largest absolute Gasteiger partial charge is 0.352 e. The van der Waals surface area contributed by atoms with Gasteiger partial charge >= 0.3 is 0 Å². The van der Waals surface area contributed by atoms with Crippen LogP contribution >= 0.6 is 0 Å². The Kier molecular flexibility index (Phi) is 6.07. The molecule has 4 nitrogen and oxygen atoms in total. The van der Waals surface area contributed by atoms with Crippen molar-refractivity contribution in [3.63, 3.8) is 0 Å². The first kappa shape index (κ1) is 18.9. The Labute approximate surface area is 160 Å². The van der Waals surface area contributed by atoms with Crippen molar-refractivity contribution in [2.24, 2.45) is 5.92 Å². The van der Waals surface area contributed by atoms with E-state index in [4.69, 9.17) is 0 Å². The van der Waals surface area contributed by atoms with Gasteiger partial charge in [0.1, 0.15) is 0 Å². The maximum absolute atomic E-state index is 12.8. The summed E-state index contributed by atoms with van der Waals surface area (Å²) in [4.78, 5) is 26.5. The number of hydrogen-bond acceptors (Lipinski definition) is 2.